The molecule has 0 saturated carbocycles. The summed E-state index contributed by atoms with van der Waals surface area (Å²) in [5.41, 5.74) is 0.163. The first-order chi connectivity index (χ1) is 11.5. The fourth-order valence-corrected chi connectivity index (χ4v) is 2.00. The number of benzene rings is 1. The maximum atomic E-state index is 11.5. The van der Waals surface area contributed by atoms with Gasteiger partial charge in [0.2, 0.25) is 0 Å². The zero-order valence-corrected chi connectivity index (χ0v) is 12.9. The molecule has 24 heavy (non-hydrogen) atoms. The van der Waals surface area contributed by atoms with Gasteiger partial charge in [-0.1, -0.05) is 0 Å². The highest BCUT2D eigenvalue weighted by atomic mass is 16.6. The molecule has 1 amide bonds. The van der Waals surface area contributed by atoms with Gasteiger partial charge in [-0.15, -0.1) is 0 Å². The number of non-ortho nitro benzene ring substituents is 1. The van der Waals surface area contributed by atoms with E-state index in [-0.39, 0.29) is 17.0 Å². The molecule has 1 aromatic carbocycles. The fourth-order valence-electron chi connectivity index (χ4n) is 2.00. The standard InChI is InChI=1S/C16H13N3O5/c1-18-16(20)10(9-17)7-12-4-6-15(24-12)13-8-11(19(21)22)3-5-14(13)23-2/h3-8H,1-2H3,(H,18,20)/b10-7+. The Morgan fingerprint density at radius 1 is 1.42 bits per heavy atom. The van der Waals surface area contributed by atoms with E-state index in [1.165, 1.54) is 38.4 Å². The second-order valence-electron chi connectivity index (χ2n) is 4.59. The number of amides is 1. The van der Waals surface area contributed by atoms with Gasteiger partial charge in [-0.3, -0.25) is 14.9 Å². The molecule has 8 heteroatoms. The number of furan rings is 1. The Hall–Kier alpha value is -3.60. The van der Waals surface area contributed by atoms with Gasteiger partial charge in [0.05, 0.1) is 17.6 Å². The molecule has 0 aliphatic heterocycles. The van der Waals surface area contributed by atoms with Crippen molar-refractivity contribution in [2.45, 2.75) is 0 Å². The van der Waals surface area contributed by atoms with Crippen LogP contribution in [0.15, 0.2) is 40.3 Å². The zero-order chi connectivity index (χ0) is 17.7. The molecule has 0 spiro atoms. The molecule has 1 heterocycles. The summed E-state index contributed by atoms with van der Waals surface area (Å²) in [6, 6.07) is 9.02. The number of nitrogens with one attached hydrogen (secondary N) is 1. The molecule has 0 atom stereocenters. The highest BCUT2D eigenvalue weighted by molar-refractivity contribution is 6.01. The third kappa shape index (κ3) is 3.41. The van der Waals surface area contributed by atoms with Gasteiger partial charge in [-0.25, -0.2) is 0 Å². The van der Waals surface area contributed by atoms with E-state index in [0.29, 0.717) is 17.1 Å². The summed E-state index contributed by atoms with van der Waals surface area (Å²) in [5, 5.41) is 22.2. The van der Waals surface area contributed by atoms with Crippen molar-refractivity contribution in [1.82, 2.24) is 5.32 Å². The number of hydrogen-bond donors (Lipinski definition) is 1. The van der Waals surface area contributed by atoms with Crippen molar-refractivity contribution in [3.63, 3.8) is 0 Å². The number of nitriles is 1. The Labute approximate surface area is 137 Å². The van der Waals surface area contributed by atoms with Crippen LogP contribution in [0.2, 0.25) is 0 Å². The lowest BCUT2D eigenvalue weighted by Crippen LogP contribution is -2.18. The number of rotatable bonds is 5. The van der Waals surface area contributed by atoms with Crippen LogP contribution in [0.25, 0.3) is 17.4 Å². The van der Waals surface area contributed by atoms with Crippen molar-refractivity contribution in [1.29, 1.82) is 5.26 Å². The van der Waals surface area contributed by atoms with Gasteiger partial charge >= 0.3 is 0 Å². The first kappa shape index (κ1) is 16.8. The summed E-state index contributed by atoms with van der Waals surface area (Å²) in [6.45, 7) is 0. The average Bonchev–Trinajstić information content (AvgIpc) is 3.06. The lowest BCUT2D eigenvalue weighted by Gasteiger charge is -2.05. The van der Waals surface area contributed by atoms with Crippen molar-refractivity contribution < 1.29 is 18.9 Å². The minimum Gasteiger partial charge on any atom is -0.496 e. The van der Waals surface area contributed by atoms with Crippen molar-refractivity contribution in [2.75, 3.05) is 14.2 Å². The maximum Gasteiger partial charge on any atom is 0.270 e. The Balaban J connectivity index is 2.46. The van der Waals surface area contributed by atoms with Crippen LogP contribution in [0.5, 0.6) is 5.75 Å². The second-order valence-corrected chi connectivity index (χ2v) is 4.59. The number of carbonyl (C=O) groups excluding carboxylic acids is 1. The molecule has 0 aliphatic carbocycles. The van der Waals surface area contributed by atoms with E-state index < -0.39 is 10.8 Å². The third-order valence-electron chi connectivity index (χ3n) is 3.16. The van der Waals surface area contributed by atoms with E-state index >= 15 is 0 Å². The van der Waals surface area contributed by atoms with E-state index in [1.54, 1.807) is 18.2 Å². The predicted molar refractivity (Wildman–Crippen MR) is 85.0 cm³/mol. The monoisotopic (exact) mass is 327 g/mol. The van der Waals surface area contributed by atoms with Gasteiger partial charge in [0.15, 0.2) is 0 Å². The molecule has 0 bridgehead atoms. The van der Waals surface area contributed by atoms with Crippen molar-refractivity contribution in [2.24, 2.45) is 0 Å². The summed E-state index contributed by atoms with van der Waals surface area (Å²) < 4.78 is 10.8. The number of nitrogens with zero attached hydrogens (tertiary/aromatic N) is 2. The molecule has 8 nitrogen and oxygen atoms in total. The lowest BCUT2D eigenvalue weighted by molar-refractivity contribution is -0.384. The van der Waals surface area contributed by atoms with Crippen LogP contribution < -0.4 is 10.1 Å². The fraction of sp³-hybridized carbons (Fsp3) is 0.125. The van der Waals surface area contributed by atoms with E-state index in [2.05, 4.69) is 5.32 Å². The first-order valence-corrected chi connectivity index (χ1v) is 6.76. The summed E-state index contributed by atoms with van der Waals surface area (Å²) in [7, 11) is 2.85. The Bertz CT molecular complexity index is 861. The highest BCUT2D eigenvalue weighted by Gasteiger charge is 2.16. The number of ether oxygens (including phenoxy) is 1. The van der Waals surface area contributed by atoms with Crippen LogP contribution in [0.3, 0.4) is 0 Å². The molecule has 122 valence electrons. The summed E-state index contributed by atoms with van der Waals surface area (Å²) in [4.78, 5) is 21.9. The SMILES string of the molecule is CNC(=O)/C(C#N)=C/c1ccc(-c2cc([N+](=O)[O-])ccc2OC)o1. The smallest absolute Gasteiger partial charge is 0.270 e. The molecular formula is C16H13N3O5. The number of nitro benzene ring substituents is 1. The molecule has 0 radical (unpaired) electrons. The van der Waals surface area contributed by atoms with Crippen LogP contribution in [0.4, 0.5) is 5.69 Å². The third-order valence-corrected chi connectivity index (χ3v) is 3.16. The minimum atomic E-state index is -0.539. The number of methoxy groups -OCH3 is 1. The van der Waals surface area contributed by atoms with Gasteiger partial charge in [0, 0.05) is 25.3 Å². The largest absolute Gasteiger partial charge is 0.496 e. The molecular weight excluding hydrogens is 314 g/mol. The van der Waals surface area contributed by atoms with Crippen LogP contribution in [0.1, 0.15) is 5.76 Å². The molecule has 2 aromatic rings. The van der Waals surface area contributed by atoms with E-state index in [1.807, 2.05) is 0 Å². The van der Waals surface area contributed by atoms with Gasteiger partial charge in [0.25, 0.3) is 11.6 Å². The minimum absolute atomic E-state index is 0.109. The number of hydrogen-bond acceptors (Lipinski definition) is 6. The quantitative estimate of drug-likeness (QED) is 0.390. The Morgan fingerprint density at radius 3 is 2.75 bits per heavy atom. The Morgan fingerprint density at radius 2 is 2.17 bits per heavy atom. The molecule has 0 saturated heterocycles. The van der Waals surface area contributed by atoms with Gasteiger partial charge in [-0.05, 0) is 18.2 Å². The Kier molecular flexibility index (Phi) is 4.96. The molecule has 1 aromatic heterocycles. The van der Waals surface area contributed by atoms with E-state index in [0.717, 1.165) is 0 Å². The molecule has 0 fully saturated rings. The van der Waals surface area contributed by atoms with Crippen LogP contribution in [-0.2, 0) is 4.79 Å². The molecule has 2 rings (SSSR count). The lowest BCUT2D eigenvalue weighted by atomic mass is 10.1. The summed E-state index contributed by atoms with van der Waals surface area (Å²) in [6.07, 6.45) is 1.28. The number of likely N-dealkylation sites (N-methyl/N-ethyl adjacent to an activating group) is 1. The van der Waals surface area contributed by atoms with Crippen molar-refractivity contribution >= 4 is 17.7 Å². The maximum absolute atomic E-state index is 11.5. The first-order valence-electron chi connectivity index (χ1n) is 6.76. The topological polar surface area (TPSA) is 118 Å². The normalized spacial score (nSPS) is 10.8. The summed E-state index contributed by atoms with van der Waals surface area (Å²) >= 11 is 0. The van der Waals surface area contributed by atoms with Crippen LogP contribution >= 0.6 is 0 Å². The average molecular weight is 327 g/mol. The van der Waals surface area contributed by atoms with Gasteiger partial charge < -0.3 is 14.5 Å². The van der Waals surface area contributed by atoms with Crippen LogP contribution in [0, 0.1) is 21.4 Å². The summed E-state index contributed by atoms with van der Waals surface area (Å²) in [5.74, 6) is 0.440. The molecule has 1 N–H and O–H groups in total. The second kappa shape index (κ2) is 7.11. The predicted octanol–water partition coefficient (Wildman–Crippen LogP) is 2.52. The molecule has 0 unspecified atom stereocenters. The van der Waals surface area contributed by atoms with Gasteiger partial charge in [0.1, 0.15) is 28.9 Å². The van der Waals surface area contributed by atoms with Crippen molar-refractivity contribution in [3.8, 4) is 23.1 Å². The van der Waals surface area contributed by atoms with Gasteiger partial charge in [-0.2, -0.15) is 5.26 Å². The molecule has 0 aliphatic rings. The van der Waals surface area contributed by atoms with E-state index in [9.17, 15) is 14.9 Å². The zero-order valence-electron chi connectivity index (χ0n) is 12.9. The highest BCUT2D eigenvalue weighted by Crippen LogP contribution is 2.34. The number of carbonyl (C=O) groups is 1. The van der Waals surface area contributed by atoms with Crippen LogP contribution in [-0.4, -0.2) is 25.0 Å². The van der Waals surface area contributed by atoms with E-state index in [4.69, 9.17) is 14.4 Å². The number of nitro groups is 1. The van der Waals surface area contributed by atoms with Crippen molar-refractivity contribution in [3.05, 3.63) is 51.8 Å².